The number of nitrogens with zero attached hydrogens (tertiary/aromatic N) is 2. The van der Waals surface area contributed by atoms with Crippen LogP contribution in [0.3, 0.4) is 0 Å². The van der Waals surface area contributed by atoms with Gasteiger partial charge in [0.15, 0.2) is 0 Å². The van der Waals surface area contributed by atoms with E-state index in [2.05, 4.69) is 41.8 Å². The van der Waals surface area contributed by atoms with Gasteiger partial charge in [-0.25, -0.2) is 9.13 Å². The third-order valence-electron chi connectivity index (χ3n) is 4.59. The van der Waals surface area contributed by atoms with Crippen molar-refractivity contribution in [1.82, 2.24) is 4.57 Å². The second-order valence-corrected chi connectivity index (χ2v) is 6.91. The van der Waals surface area contributed by atoms with E-state index in [0.29, 0.717) is 0 Å². The van der Waals surface area contributed by atoms with Crippen LogP contribution in [0.2, 0.25) is 0 Å². The lowest BCUT2D eigenvalue weighted by molar-refractivity contribution is -0.671. The van der Waals surface area contributed by atoms with E-state index in [-0.39, 0.29) is 22.5 Å². The smallest absolute Gasteiger partial charge is 0.243 e. The zero-order valence-electron chi connectivity index (χ0n) is 16.1. The van der Waals surface area contributed by atoms with Crippen LogP contribution in [0.25, 0.3) is 0 Å². The van der Waals surface area contributed by atoms with Crippen molar-refractivity contribution in [2.75, 3.05) is 0 Å². The molecule has 0 aliphatic heterocycles. The van der Waals surface area contributed by atoms with Gasteiger partial charge in [0.25, 0.3) is 0 Å². The van der Waals surface area contributed by atoms with Crippen LogP contribution in [0.1, 0.15) is 96.8 Å². The lowest BCUT2D eigenvalue weighted by atomic mass is 10.0. The molecule has 0 aromatic carbocycles. The summed E-state index contributed by atoms with van der Waals surface area (Å²) in [4.78, 5) is 0. The summed E-state index contributed by atoms with van der Waals surface area (Å²) >= 11 is 0. The number of imidazole rings is 1. The molecule has 0 saturated carbocycles. The van der Waals surface area contributed by atoms with Crippen molar-refractivity contribution >= 4 is 0 Å². The predicted octanol–water partition coefficient (Wildman–Crippen LogP) is 1.97. The first-order valence-corrected chi connectivity index (χ1v) is 9.84. The topological polar surface area (TPSA) is 40.3 Å². The molecular weight excluding hydrogens is 364 g/mol. The molecule has 0 unspecified atom stereocenters. The Labute approximate surface area is 160 Å². The summed E-state index contributed by atoms with van der Waals surface area (Å²) in [5.74, 6) is 0. The van der Waals surface area contributed by atoms with E-state index in [4.69, 9.17) is 0 Å². The molecule has 144 valence electrons. The molecule has 24 heavy (non-hydrogen) atoms. The van der Waals surface area contributed by atoms with Gasteiger partial charge < -0.3 is 22.5 Å². The summed E-state index contributed by atoms with van der Waals surface area (Å²) in [6.45, 7) is 3.47. The van der Waals surface area contributed by atoms with Gasteiger partial charge in [-0.15, -0.1) is 0 Å². The van der Waals surface area contributed by atoms with Crippen LogP contribution in [-0.2, 0) is 13.6 Å². The first-order valence-electron chi connectivity index (χ1n) is 9.84. The largest absolute Gasteiger partial charge is 1.00 e. The minimum atomic E-state index is 0. The van der Waals surface area contributed by atoms with E-state index in [1.54, 1.807) is 0 Å². The van der Waals surface area contributed by atoms with Crippen LogP contribution >= 0.6 is 0 Å². The molecule has 0 bridgehead atoms. The molecule has 0 aliphatic carbocycles. The van der Waals surface area contributed by atoms with Crippen molar-refractivity contribution in [3.8, 4) is 0 Å². The van der Waals surface area contributed by atoms with Crippen molar-refractivity contribution < 1.29 is 27.0 Å². The molecule has 1 rings (SSSR count). The lowest BCUT2D eigenvalue weighted by Gasteiger charge is -2.03. The molecule has 0 amide bonds. The maximum absolute atomic E-state index is 2.29. The minimum Gasteiger partial charge on any atom is -1.00 e. The highest BCUT2D eigenvalue weighted by molar-refractivity contribution is 4.65. The molecule has 2 N–H and O–H groups in total. The standard InChI is InChI=1S/C20H39N2.BrH.H2O/c1-3-4-5-6-7-8-9-10-11-12-13-14-15-16-17-22-19-18-21(2)20-22;;/h18-20H,3-17H2,1-2H3;1H;1H2/q+1;;/p-1. The Morgan fingerprint density at radius 3 is 1.50 bits per heavy atom. The van der Waals surface area contributed by atoms with Gasteiger partial charge in [0.1, 0.15) is 12.4 Å². The first kappa shape index (κ1) is 25.9. The van der Waals surface area contributed by atoms with E-state index in [1.165, 1.54) is 96.4 Å². The van der Waals surface area contributed by atoms with Crippen LogP contribution in [0, 0.1) is 0 Å². The molecule has 1 aromatic heterocycles. The second kappa shape index (κ2) is 19.0. The fraction of sp³-hybridized carbons (Fsp3) is 0.850. The second-order valence-electron chi connectivity index (χ2n) is 6.91. The molecular formula is C20H41BrN2O. The molecule has 0 saturated heterocycles. The summed E-state index contributed by atoms with van der Waals surface area (Å²) in [7, 11) is 2.09. The third kappa shape index (κ3) is 15.2. The van der Waals surface area contributed by atoms with Gasteiger partial charge in [0.05, 0.1) is 13.6 Å². The van der Waals surface area contributed by atoms with Gasteiger partial charge >= 0.3 is 0 Å². The Morgan fingerprint density at radius 2 is 1.12 bits per heavy atom. The number of aromatic nitrogens is 2. The molecule has 1 aromatic rings. The Hall–Kier alpha value is -0.350. The number of rotatable bonds is 15. The summed E-state index contributed by atoms with van der Waals surface area (Å²) in [6.07, 6.45) is 26.5. The highest BCUT2D eigenvalue weighted by Crippen LogP contribution is 2.13. The molecule has 1 heterocycles. The van der Waals surface area contributed by atoms with E-state index >= 15 is 0 Å². The van der Waals surface area contributed by atoms with Gasteiger partial charge in [-0.2, -0.15) is 0 Å². The molecule has 0 atom stereocenters. The monoisotopic (exact) mass is 404 g/mol. The SMILES string of the molecule is CCCCCCCCCCCCCCCCn1cc[n+](C)c1.O.[Br-]. The summed E-state index contributed by atoms with van der Waals surface area (Å²) in [6, 6.07) is 0. The normalized spacial score (nSPS) is 10.2. The van der Waals surface area contributed by atoms with E-state index < -0.39 is 0 Å². The summed E-state index contributed by atoms with van der Waals surface area (Å²) in [5.41, 5.74) is 0. The highest BCUT2D eigenvalue weighted by Gasteiger charge is 1.99. The quantitative estimate of drug-likeness (QED) is 0.316. The molecule has 0 fully saturated rings. The van der Waals surface area contributed by atoms with Crippen LogP contribution < -0.4 is 21.5 Å². The van der Waals surface area contributed by atoms with Gasteiger partial charge in [-0.05, 0) is 12.8 Å². The number of hydrogen-bond acceptors (Lipinski definition) is 0. The first-order chi connectivity index (χ1) is 10.8. The van der Waals surface area contributed by atoms with Gasteiger partial charge in [0, 0.05) is 0 Å². The fourth-order valence-corrected chi connectivity index (χ4v) is 3.12. The van der Waals surface area contributed by atoms with Crippen molar-refractivity contribution in [3.05, 3.63) is 18.7 Å². The van der Waals surface area contributed by atoms with Crippen molar-refractivity contribution in [2.24, 2.45) is 7.05 Å². The van der Waals surface area contributed by atoms with Crippen molar-refractivity contribution in [2.45, 2.75) is 103 Å². The van der Waals surface area contributed by atoms with Crippen LogP contribution in [0.4, 0.5) is 0 Å². The van der Waals surface area contributed by atoms with Crippen LogP contribution in [0.15, 0.2) is 18.7 Å². The van der Waals surface area contributed by atoms with Crippen molar-refractivity contribution in [1.29, 1.82) is 0 Å². The van der Waals surface area contributed by atoms with Crippen molar-refractivity contribution in [3.63, 3.8) is 0 Å². The van der Waals surface area contributed by atoms with Gasteiger partial charge in [0.2, 0.25) is 6.33 Å². The molecule has 0 spiro atoms. The number of unbranched alkanes of at least 4 members (excludes halogenated alkanes) is 13. The average Bonchev–Trinajstić information content (AvgIpc) is 2.93. The number of hydrogen-bond donors (Lipinski definition) is 0. The predicted molar refractivity (Wildman–Crippen MR) is 99.5 cm³/mol. The number of aryl methyl sites for hydroxylation is 2. The Kier molecular flexibility index (Phi) is 20.5. The maximum atomic E-state index is 2.29. The van der Waals surface area contributed by atoms with Gasteiger partial charge in [-0.3, -0.25) is 0 Å². The lowest BCUT2D eigenvalue weighted by Crippen LogP contribution is -3.00. The molecule has 0 aliphatic rings. The summed E-state index contributed by atoms with van der Waals surface area (Å²) < 4.78 is 4.41. The summed E-state index contributed by atoms with van der Waals surface area (Å²) in [5, 5.41) is 0. The van der Waals surface area contributed by atoms with E-state index in [9.17, 15) is 0 Å². The third-order valence-corrected chi connectivity index (χ3v) is 4.59. The molecule has 4 heteroatoms. The zero-order chi connectivity index (χ0) is 15.9. The average molecular weight is 405 g/mol. The zero-order valence-corrected chi connectivity index (χ0v) is 17.7. The fourth-order valence-electron chi connectivity index (χ4n) is 3.12. The molecule has 0 radical (unpaired) electrons. The maximum Gasteiger partial charge on any atom is 0.243 e. The Morgan fingerprint density at radius 1 is 0.708 bits per heavy atom. The molecule has 3 nitrogen and oxygen atoms in total. The Bertz CT molecular complexity index is 355. The van der Waals surface area contributed by atoms with Crippen LogP contribution in [0.5, 0.6) is 0 Å². The van der Waals surface area contributed by atoms with Crippen LogP contribution in [-0.4, -0.2) is 10.0 Å². The minimum absolute atomic E-state index is 0. The van der Waals surface area contributed by atoms with Gasteiger partial charge in [-0.1, -0.05) is 84.0 Å². The Balaban J connectivity index is 0. The van der Waals surface area contributed by atoms with E-state index in [0.717, 1.165) is 0 Å². The number of halogens is 1. The highest BCUT2D eigenvalue weighted by atomic mass is 79.9. The van der Waals surface area contributed by atoms with E-state index in [1.807, 2.05) is 0 Å².